The molecule has 1 aliphatic carbocycles. The van der Waals surface area contributed by atoms with E-state index < -0.39 is 17.9 Å². The third kappa shape index (κ3) is 5.86. The van der Waals surface area contributed by atoms with E-state index in [1.165, 1.54) is 35.5 Å². The second-order valence-electron chi connectivity index (χ2n) is 8.44. The molecule has 0 saturated heterocycles. The average Bonchev–Trinajstić information content (AvgIpc) is 3.64. The molecule has 3 amide bonds. The minimum absolute atomic E-state index is 0.0594. The lowest BCUT2D eigenvalue weighted by atomic mass is 10.1. The molecule has 2 N–H and O–H groups in total. The number of anilines is 1. The predicted molar refractivity (Wildman–Crippen MR) is 132 cm³/mol. The summed E-state index contributed by atoms with van der Waals surface area (Å²) < 4.78 is 5.10. The number of thiophene rings is 1. The van der Waals surface area contributed by atoms with Crippen LogP contribution in [0.1, 0.15) is 64.4 Å². The van der Waals surface area contributed by atoms with Gasteiger partial charge in [-0.15, -0.1) is 11.3 Å². The number of carbonyl (C=O) groups is 4. The number of nitrogens with zero attached hydrogens (tertiary/aromatic N) is 1. The number of carbonyl (C=O) groups excluding carboxylic acids is 4. The summed E-state index contributed by atoms with van der Waals surface area (Å²) in [4.78, 5) is 53.7. The third-order valence-electron chi connectivity index (χ3n) is 5.97. The van der Waals surface area contributed by atoms with Gasteiger partial charge in [-0.2, -0.15) is 0 Å². The van der Waals surface area contributed by atoms with Gasteiger partial charge in [0.1, 0.15) is 6.04 Å². The van der Waals surface area contributed by atoms with E-state index in [0.29, 0.717) is 16.1 Å². The van der Waals surface area contributed by atoms with E-state index in [1.54, 1.807) is 36.4 Å². The summed E-state index contributed by atoms with van der Waals surface area (Å²) >= 11 is 1.37. The monoisotopic (exact) mass is 493 g/mol. The maximum Gasteiger partial charge on any atom is 0.287 e. The first-order chi connectivity index (χ1) is 16.9. The Labute approximate surface area is 207 Å². The van der Waals surface area contributed by atoms with Gasteiger partial charge in [-0.05, 0) is 55.5 Å². The van der Waals surface area contributed by atoms with Crippen LogP contribution in [0.3, 0.4) is 0 Å². The van der Waals surface area contributed by atoms with E-state index in [9.17, 15) is 19.2 Å². The van der Waals surface area contributed by atoms with Crippen LogP contribution in [0.5, 0.6) is 0 Å². The fourth-order valence-electron chi connectivity index (χ4n) is 4.22. The van der Waals surface area contributed by atoms with E-state index in [4.69, 9.17) is 4.42 Å². The van der Waals surface area contributed by atoms with Crippen molar-refractivity contribution in [3.63, 3.8) is 0 Å². The number of rotatable bonds is 9. The van der Waals surface area contributed by atoms with Crippen molar-refractivity contribution in [1.82, 2.24) is 10.6 Å². The van der Waals surface area contributed by atoms with Gasteiger partial charge in [-0.25, -0.2) is 0 Å². The highest BCUT2D eigenvalue weighted by Gasteiger charge is 2.35. The van der Waals surface area contributed by atoms with Crippen molar-refractivity contribution in [2.45, 2.75) is 44.7 Å². The Morgan fingerprint density at radius 1 is 1.09 bits per heavy atom. The molecule has 8 nitrogen and oxygen atoms in total. The van der Waals surface area contributed by atoms with Gasteiger partial charge >= 0.3 is 0 Å². The number of Topliss-reactive ketones (excluding diaryl/α,β-unsaturated/α-hetero) is 1. The van der Waals surface area contributed by atoms with E-state index in [-0.39, 0.29) is 30.0 Å². The first-order valence-corrected chi connectivity index (χ1v) is 12.4. The van der Waals surface area contributed by atoms with Crippen LogP contribution in [0.25, 0.3) is 0 Å². The lowest BCUT2D eigenvalue weighted by Gasteiger charge is -2.31. The van der Waals surface area contributed by atoms with Crippen molar-refractivity contribution in [2.24, 2.45) is 0 Å². The molecule has 0 aliphatic heterocycles. The van der Waals surface area contributed by atoms with Gasteiger partial charge in [0, 0.05) is 22.2 Å². The molecule has 1 aliphatic rings. The van der Waals surface area contributed by atoms with Crippen LogP contribution in [0, 0.1) is 0 Å². The Morgan fingerprint density at radius 2 is 1.89 bits per heavy atom. The van der Waals surface area contributed by atoms with E-state index in [0.717, 1.165) is 25.7 Å². The second kappa shape index (κ2) is 11.1. The average molecular weight is 494 g/mol. The van der Waals surface area contributed by atoms with Crippen LogP contribution < -0.4 is 15.5 Å². The Morgan fingerprint density at radius 3 is 2.54 bits per heavy atom. The zero-order chi connectivity index (χ0) is 24.8. The fourth-order valence-corrected chi connectivity index (χ4v) is 5.03. The van der Waals surface area contributed by atoms with Crippen molar-refractivity contribution in [3.05, 3.63) is 76.4 Å². The number of hydrogen-bond donors (Lipinski definition) is 2. The Hall–Kier alpha value is -3.72. The van der Waals surface area contributed by atoms with Gasteiger partial charge < -0.3 is 15.1 Å². The molecule has 0 spiro atoms. The molecule has 4 rings (SSSR count). The number of hydrogen-bond acceptors (Lipinski definition) is 6. The summed E-state index contributed by atoms with van der Waals surface area (Å²) in [6, 6.07) is 12.4. The molecular formula is C26H27N3O5S. The quantitative estimate of drug-likeness (QED) is 0.436. The number of furan rings is 1. The van der Waals surface area contributed by atoms with Crippen molar-refractivity contribution < 1.29 is 23.6 Å². The van der Waals surface area contributed by atoms with Crippen molar-refractivity contribution in [2.75, 3.05) is 11.4 Å². The second-order valence-corrected chi connectivity index (χ2v) is 9.42. The first kappa shape index (κ1) is 24.4. The molecule has 0 bridgehead atoms. The predicted octanol–water partition coefficient (Wildman–Crippen LogP) is 4.11. The molecule has 1 atom stereocenters. The van der Waals surface area contributed by atoms with Gasteiger partial charge in [-0.1, -0.05) is 31.0 Å². The smallest absolute Gasteiger partial charge is 0.287 e. The zero-order valence-electron chi connectivity index (χ0n) is 19.4. The summed E-state index contributed by atoms with van der Waals surface area (Å²) in [5, 5.41) is 7.51. The SMILES string of the molecule is CC(=O)c1cccc(N(C(=O)CNC(=O)c2ccco2)[C@H](C(=O)NC2CCCC2)c2cccs2)c1. The maximum absolute atomic E-state index is 13.6. The Balaban J connectivity index is 1.68. The zero-order valence-corrected chi connectivity index (χ0v) is 20.2. The standard InChI is InChI=1S/C26H27N3O5S/c1-17(30)18-7-4-10-20(15-18)29(23(31)16-27-25(32)21-11-5-13-34-21)24(22-12-6-14-35-22)26(33)28-19-8-2-3-9-19/h4-7,10-15,19,24H,2-3,8-9,16H2,1H3,(H,27,32)(H,28,33)/t24-/m0/s1. The van der Waals surface area contributed by atoms with Crippen molar-refractivity contribution >= 4 is 40.5 Å². The van der Waals surface area contributed by atoms with Crippen LogP contribution in [0.4, 0.5) is 5.69 Å². The van der Waals surface area contributed by atoms with Crippen LogP contribution in [0.2, 0.25) is 0 Å². The molecule has 9 heteroatoms. The number of amides is 3. The maximum atomic E-state index is 13.6. The molecule has 2 aromatic heterocycles. The van der Waals surface area contributed by atoms with Gasteiger partial charge in [0.05, 0.1) is 12.8 Å². The van der Waals surface area contributed by atoms with Gasteiger partial charge in [0.2, 0.25) is 11.8 Å². The number of benzene rings is 1. The molecule has 182 valence electrons. The Bertz CT molecular complexity index is 1180. The lowest BCUT2D eigenvalue weighted by Crippen LogP contribution is -2.49. The summed E-state index contributed by atoms with van der Waals surface area (Å²) in [5.74, 6) is -1.40. The minimum atomic E-state index is -0.953. The summed E-state index contributed by atoms with van der Waals surface area (Å²) in [6.45, 7) is 1.08. The molecule has 1 fully saturated rings. The normalized spacial score (nSPS) is 14.3. The lowest BCUT2D eigenvalue weighted by molar-refractivity contribution is -0.126. The summed E-state index contributed by atoms with van der Waals surface area (Å²) in [7, 11) is 0. The molecule has 35 heavy (non-hydrogen) atoms. The molecule has 3 aromatic rings. The first-order valence-electron chi connectivity index (χ1n) is 11.5. The minimum Gasteiger partial charge on any atom is -0.459 e. The molecule has 1 aromatic carbocycles. The largest absolute Gasteiger partial charge is 0.459 e. The Kier molecular flexibility index (Phi) is 7.77. The third-order valence-corrected chi connectivity index (χ3v) is 6.89. The molecular weight excluding hydrogens is 466 g/mol. The topological polar surface area (TPSA) is 109 Å². The summed E-state index contributed by atoms with van der Waals surface area (Å²) in [5.41, 5.74) is 0.816. The molecule has 1 saturated carbocycles. The fraction of sp³-hybridized carbons (Fsp3) is 0.308. The summed E-state index contributed by atoms with van der Waals surface area (Å²) in [6.07, 6.45) is 5.27. The number of nitrogens with one attached hydrogen (secondary N) is 2. The highest BCUT2D eigenvalue weighted by Crippen LogP contribution is 2.32. The highest BCUT2D eigenvalue weighted by molar-refractivity contribution is 7.10. The van der Waals surface area contributed by atoms with Gasteiger partial charge in [0.25, 0.3) is 5.91 Å². The molecule has 0 radical (unpaired) electrons. The van der Waals surface area contributed by atoms with Crippen molar-refractivity contribution in [3.8, 4) is 0 Å². The van der Waals surface area contributed by atoms with E-state index >= 15 is 0 Å². The van der Waals surface area contributed by atoms with E-state index in [2.05, 4.69) is 10.6 Å². The van der Waals surface area contributed by atoms with Crippen LogP contribution >= 0.6 is 11.3 Å². The van der Waals surface area contributed by atoms with Crippen LogP contribution in [-0.2, 0) is 9.59 Å². The van der Waals surface area contributed by atoms with Gasteiger partial charge in [0.15, 0.2) is 11.5 Å². The highest BCUT2D eigenvalue weighted by atomic mass is 32.1. The molecule has 0 unspecified atom stereocenters. The molecule has 2 heterocycles. The van der Waals surface area contributed by atoms with Gasteiger partial charge in [-0.3, -0.25) is 24.1 Å². The van der Waals surface area contributed by atoms with Crippen molar-refractivity contribution in [1.29, 1.82) is 0 Å². The van der Waals surface area contributed by atoms with Crippen LogP contribution in [0.15, 0.2) is 64.6 Å². The number of ketones is 1. The van der Waals surface area contributed by atoms with E-state index in [1.807, 2.05) is 11.4 Å². The van der Waals surface area contributed by atoms with Crippen LogP contribution in [-0.4, -0.2) is 36.1 Å².